The molecule has 5 heteroatoms. The molecule has 0 spiro atoms. The highest BCUT2D eigenvalue weighted by Gasteiger charge is 2.22. The number of benzene rings is 2. The number of rotatable bonds is 5. The van der Waals surface area contributed by atoms with Gasteiger partial charge >= 0.3 is 0 Å². The summed E-state index contributed by atoms with van der Waals surface area (Å²) in [4.78, 5) is 24.6. The van der Waals surface area contributed by atoms with Gasteiger partial charge in [-0.15, -0.1) is 0 Å². The monoisotopic (exact) mass is 380 g/mol. The maximum atomic E-state index is 12.3. The molecule has 0 aromatic heterocycles. The van der Waals surface area contributed by atoms with Gasteiger partial charge in [-0.2, -0.15) is 0 Å². The molecule has 2 N–H and O–H groups in total. The van der Waals surface area contributed by atoms with E-state index < -0.39 is 0 Å². The van der Waals surface area contributed by atoms with Gasteiger partial charge in [-0.25, -0.2) is 0 Å². The van der Waals surface area contributed by atoms with E-state index in [0.717, 1.165) is 17.7 Å². The summed E-state index contributed by atoms with van der Waals surface area (Å²) in [5.41, 5.74) is 2.84. The summed E-state index contributed by atoms with van der Waals surface area (Å²) in [6, 6.07) is 15.3. The van der Waals surface area contributed by atoms with Crippen molar-refractivity contribution in [2.75, 3.05) is 13.2 Å². The van der Waals surface area contributed by atoms with Crippen LogP contribution in [0.3, 0.4) is 0 Å². The lowest BCUT2D eigenvalue weighted by Crippen LogP contribution is -2.35. The largest absolute Gasteiger partial charge is 0.493 e. The number of hydrogen-bond donors (Lipinski definition) is 2. The minimum Gasteiger partial charge on any atom is -0.493 e. The van der Waals surface area contributed by atoms with Crippen molar-refractivity contribution in [1.29, 1.82) is 0 Å². The molecule has 3 rings (SSSR count). The first kappa shape index (κ1) is 19.9. The van der Waals surface area contributed by atoms with E-state index in [0.29, 0.717) is 18.7 Å². The lowest BCUT2D eigenvalue weighted by Gasteiger charge is -2.26. The van der Waals surface area contributed by atoms with Crippen LogP contribution < -0.4 is 15.4 Å². The Labute approximate surface area is 166 Å². The summed E-state index contributed by atoms with van der Waals surface area (Å²) in [6.07, 6.45) is 0.987. The maximum Gasteiger partial charge on any atom is 0.251 e. The summed E-state index contributed by atoms with van der Waals surface area (Å²) in [7, 11) is 0. The van der Waals surface area contributed by atoms with E-state index >= 15 is 0 Å². The van der Waals surface area contributed by atoms with Crippen molar-refractivity contribution in [1.82, 2.24) is 10.6 Å². The minimum atomic E-state index is -0.162. The van der Waals surface area contributed by atoms with E-state index in [2.05, 4.69) is 31.4 Å². The van der Waals surface area contributed by atoms with Crippen LogP contribution in [-0.4, -0.2) is 25.0 Å². The lowest BCUT2D eigenvalue weighted by atomic mass is 9.87. The van der Waals surface area contributed by atoms with E-state index in [9.17, 15) is 9.59 Å². The molecular weight excluding hydrogens is 352 g/mol. The van der Waals surface area contributed by atoms with Gasteiger partial charge in [-0.3, -0.25) is 9.59 Å². The highest BCUT2D eigenvalue weighted by atomic mass is 16.5. The highest BCUT2D eigenvalue weighted by molar-refractivity contribution is 5.94. The van der Waals surface area contributed by atoms with Crippen molar-refractivity contribution < 1.29 is 14.3 Å². The second-order valence-corrected chi connectivity index (χ2v) is 8.13. The van der Waals surface area contributed by atoms with Crippen LogP contribution in [0.15, 0.2) is 48.5 Å². The molecule has 1 aliphatic heterocycles. The zero-order chi connectivity index (χ0) is 20.1. The molecule has 1 atom stereocenters. The summed E-state index contributed by atoms with van der Waals surface area (Å²) >= 11 is 0. The van der Waals surface area contributed by atoms with Crippen LogP contribution in [0.4, 0.5) is 0 Å². The normalized spacial score (nSPS) is 15.9. The van der Waals surface area contributed by atoms with Gasteiger partial charge < -0.3 is 15.4 Å². The fourth-order valence-electron chi connectivity index (χ4n) is 3.27. The number of hydrogen-bond acceptors (Lipinski definition) is 3. The molecule has 0 unspecified atom stereocenters. The predicted molar refractivity (Wildman–Crippen MR) is 110 cm³/mol. The Morgan fingerprint density at radius 2 is 1.79 bits per heavy atom. The average molecular weight is 380 g/mol. The van der Waals surface area contributed by atoms with Crippen LogP contribution in [-0.2, 0) is 10.2 Å². The first-order valence-corrected chi connectivity index (χ1v) is 9.74. The Morgan fingerprint density at radius 3 is 2.50 bits per heavy atom. The van der Waals surface area contributed by atoms with E-state index in [1.807, 2.05) is 48.5 Å². The van der Waals surface area contributed by atoms with E-state index in [-0.39, 0.29) is 29.7 Å². The number of nitrogens with one attached hydrogen (secondary N) is 2. The van der Waals surface area contributed by atoms with Crippen molar-refractivity contribution in [3.05, 3.63) is 65.2 Å². The number of ether oxygens (including phenoxy) is 1. The first-order valence-electron chi connectivity index (χ1n) is 9.74. The number of para-hydroxylation sites is 1. The zero-order valence-electron chi connectivity index (χ0n) is 16.7. The van der Waals surface area contributed by atoms with Gasteiger partial charge in [-0.05, 0) is 29.2 Å². The molecule has 1 heterocycles. The van der Waals surface area contributed by atoms with Gasteiger partial charge in [0.2, 0.25) is 5.91 Å². The van der Waals surface area contributed by atoms with E-state index in [1.54, 1.807) is 0 Å². The molecule has 2 aromatic rings. The number of carbonyl (C=O) groups excluding carboxylic acids is 2. The Hall–Kier alpha value is -2.82. The third kappa shape index (κ3) is 4.91. The van der Waals surface area contributed by atoms with E-state index in [4.69, 9.17) is 4.74 Å². The van der Waals surface area contributed by atoms with Crippen LogP contribution in [0.1, 0.15) is 61.1 Å². The summed E-state index contributed by atoms with van der Waals surface area (Å²) in [5, 5.41) is 5.86. The fourth-order valence-corrected chi connectivity index (χ4v) is 3.27. The summed E-state index contributed by atoms with van der Waals surface area (Å²) in [5.74, 6) is 0.584. The molecule has 0 bridgehead atoms. The highest BCUT2D eigenvalue weighted by Crippen LogP contribution is 2.31. The molecule has 148 valence electrons. The standard InChI is InChI=1S/C23H28N2O3/c1-23(2,3)17-10-8-16(9-11-17)22(27)24-14-12-21(26)25-19-13-15-28-20-7-5-4-6-18(19)20/h4-11,19H,12-15H2,1-3H3,(H,24,27)(H,25,26)/t19-/m1/s1. The van der Waals surface area contributed by atoms with Gasteiger partial charge in [0, 0.05) is 30.5 Å². The van der Waals surface area contributed by atoms with Crippen molar-refractivity contribution in [3.8, 4) is 5.75 Å². The molecule has 1 aliphatic rings. The van der Waals surface area contributed by atoms with Crippen LogP contribution in [0.5, 0.6) is 5.75 Å². The Kier molecular flexibility index (Phi) is 6.02. The van der Waals surface area contributed by atoms with Gasteiger partial charge in [0.15, 0.2) is 0 Å². The zero-order valence-corrected chi connectivity index (χ0v) is 16.7. The second kappa shape index (κ2) is 8.46. The quantitative estimate of drug-likeness (QED) is 0.830. The SMILES string of the molecule is CC(C)(C)c1ccc(C(=O)NCCC(=O)N[C@@H]2CCOc3ccccc32)cc1. The third-order valence-electron chi connectivity index (χ3n) is 4.94. The number of carbonyl (C=O) groups is 2. The Balaban J connectivity index is 1.47. The molecule has 2 aromatic carbocycles. The lowest BCUT2D eigenvalue weighted by molar-refractivity contribution is -0.121. The number of amides is 2. The average Bonchev–Trinajstić information content (AvgIpc) is 2.67. The third-order valence-corrected chi connectivity index (χ3v) is 4.94. The molecule has 0 fully saturated rings. The predicted octanol–water partition coefficient (Wildman–Crippen LogP) is 3.74. The molecule has 5 nitrogen and oxygen atoms in total. The van der Waals surface area contributed by atoms with Crippen LogP contribution in [0.2, 0.25) is 0 Å². The summed E-state index contributed by atoms with van der Waals surface area (Å²) < 4.78 is 5.62. The molecule has 0 radical (unpaired) electrons. The first-order chi connectivity index (χ1) is 13.3. The van der Waals surface area contributed by atoms with Crippen LogP contribution in [0.25, 0.3) is 0 Å². The molecule has 2 amide bonds. The molecule has 0 saturated heterocycles. The molecule has 0 saturated carbocycles. The number of fused-ring (bicyclic) bond motifs is 1. The Bertz CT molecular complexity index is 838. The second-order valence-electron chi connectivity index (χ2n) is 8.13. The van der Waals surface area contributed by atoms with Gasteiger partial charge in [0.05, 0.1) is 12.6 Å². The minimum absolute atomic E-state index is 0.0434. The Morgan fingerprint density at radius 1 is 1.07 bits per heavy atom. The van der Waals surface area contributed by atoms with Crippen molar-refractivity contribution in [2.24, 2.45) is 0 Å². The van der Waals surface area contributed by atoms with Gasteiger partial charge in [0.1, 0.15) is 5.75 Å². The maximum absolute atomic E-state index is 12.3. The van der Waals surface area contributed by atoms with Crippen molar-refractivity contribution in [3.63, 3.8) is 0 Å². The molecule has 28 heavy (non-hydrogen) atoms. The van der Waals surface area contributed by atoms with Crippen LogP contribution in [0, 0.1) is 0 Å². The van der Waals surface area contributed by atoms with Crippen LogP contribution >= 0.6 is 0 Å². The fraction of sp³-hybridized carbons (Fsp3) is 0.391. The molecular formula is C23H28N2O3. The van der Waals surface area contributed by atoms with Gasteiger partial charge in [-0.1, -0.05) is 51.1 Å². The topological polar surface area (TPSA) is 67.4 Å². The van der Waals surface area contributed by atoms with Crippen molar-refractivity contribution in [2.45, 2.75) is 45.1 Å². The van der Waals surface area contributed by atoms with Gasteiger partial charge in [0.25, 0.3) is 5.91 Å². The molecule has 0 aliphatic carbocycles. The van der Waals surface area contributed by atoms with Crippen molar-refractivity contribution >= 4 is 11.8 Å². The smallest absolute Gasteiger partial charge is 0.251 e. The van der Waals surface area contributed by atoms with E-state index in [1.165, 1.54) is 5.56 Å². The summed E-state index contributed by atoms with van der Waals surface area (Å²) in [6.45, 7) is 7.30.